The van der Waals surface area contributed by atoms with E-state index in [2.05, 4.69) is 20.6 Å². The summed E-state index contributed by atoms with van der Waals surface area (Å²) in [7, 11) is 0. The molecule has 9 heteroatoms. The first-order chi connectivity index (χ1) is 11.5. The predicted molar refractivity (Wildman–Crippen MR) is 87.7 cm³/mol. The van der Waals surface area contributed by atoms with Crippen LogP contribution in [-0.2, 0) is 6.18 Å². The van der Waals surface area contributed by atoms with Gasteiger partial charge in [-0.05, 0) is 29.6 Å². The highest BCUT2D eigenvalue weighted by Crippen LogP contribution is 2.32. The number of aliphatic hydroxyl groups is 1. The average Bonchev–Trinajstić information content (AvgIpc) is 3.00. The molecule has 5 nitrogen and oxygen atoms in total. The van der Waals surface area contributed by atoms with Crippen LogP contribution < -0.4 is 10.6 Å². The van der Waals surface area contributed by atoms with Gasteiger partial charge in [-0.2, -0.15) is 18.2 Å². The number of nitrogens with one attached hydrogen (secondary N) is 2. The summed E-state index contributed by atoms with van der Waals surface area (Å²) in [4.78, 5) is 8.58. The molecule has 0 atom stereocenters. The minimum Gasteiger partial charge on any atom is -0.395 e. The number of thiophene rings is 1. The van der Waals surface area contributed by atoms with E-state index in [0.29, 0.717) is 17.9 Å². The molecule has 0 spiro atoms. The van der Waals surface area contributed by atoms with Gasteiger partial charge < -0.3 is 15.7 Å². The van der Waals surface area contributed by atoms with Crippen molar-refractivity contribution in [3.63, 3.8) is 0 Å². The maximum Gasteiger partial charge on any atom is 0.416 e. The molecule has 0 unspecified atom stereocenters. The summed E-state index contributed by atoms with van der Waals surface area (Å²) < 4.78 is 39.2. The molecule has 126 valence electrons. The van der Waals surface area contributed by atoms with Gasteiger partial charge in [0.1, 0.15) is 5.82 Å². The van der Waals surface area contributed by atoms with Crippen LogP contribution in [0.15, 0.2) is 35.7 Å². The lowest BCUT2D eigenvalue weighted by Gasteiger charge is -2.11. The van der Waals surface area contributed by atoms with Crippen molar-refractivity contribution in [3.8, 4) is 0 Å². The van der Waals surface area contributed by atoms with Gasteiger partial charge in [0.2, 0.25) is 5.95 Å². The molecule has 0 fully saturated rings. The maximum absolute atomic E-state index is 12.8. The van der Waals surface area contributed by atoms with E-state index in [1.54, 1.807) is 6.07 Å². The molecule has 2 aromatic heterocycles. The van der Waals surface area contributed by atoms with E-state index in [1.807, 2.05) is 5.38 Å². The van der Waals surface area contributed by atoms with Crippen molar-refractivity contribution in [1.29, 1.82) is 0 Å². The monoisotopic (exact) mass is 354 g/mol. The number of nitrogens with zero attached hydrogens (tertiary/aromatic N) is 2. The number of fused-ring (bicyclic) bond motifs is 1. The largest absolute Gasteiger partial charge is 0.416 e. The van der Waals surface area contributed by atoms with Crippen LogP contribution in [-0.4, -0.2) is 28.2 Å². The second-order valence-electron chi connectivity index (χ2n) is 4.88. The molecule has 0 saturated heterocycles. The summed E-state index contributed by atoms with van der Waals surface area (Å²) in [5, 5.41) is 16.6. The van der Waals surface area contributed by atoms with E-state index in [4.69, 9.17) is 5.11 Å². The SMILES string of the molecule is OCCNc1nc(Nc2cccc(C(F)(F)F)c2)nc2ccsc12. The average molecular weight is 354 g/mol. The molecule has 0 radical (unpaired) electrons. The van der Waals surface area contributed by atoms with Gasteiger partial charge in [-0.3, -0.25) is 0 Å². The Morgan fingerprint density at radius 1 is 1.17 bits per heavy atom. The summed E-state index contributed by atoms with van der Waals surface area (Å²) in [6.45, 7) is 0.250. The number of aliphatic hydroxyl groups excluding tert-OH is 1. The van der Waals surface area contributed by atoms with Gasteiger partial charge in [-0.15, -0.1) is 11.3 Å². The molecular weight excluding hydrogens is 341 g/mol. The number of benzene rings is 1. The van der Waals surface area contributed by atoms with Crippen molar-refractivity contribution in [2.45, 2.75) is 6.18 Å². The van der Waals surface area contributed by atoms with Gasteiger partial charge in [-0.1, -0.05) is 6.07 Å². The van der Waals surface area contributed by atoms with Crippen LogP contribution in [0.5, 0.6) is 0 Å². The van der Waals surface area contributed by atoms with Crippen LogP contribution in [0, 0.1) is 0 Å². The standard InChI is InChI=1S/C15H13F3N4OS/c16-15(17,18)9-2-1-3-10(8-9)20-14-21-11-4-7-24-12(11)13(22-14)19-5-6-23/h1-4,7-8,23H,5-6H2,(H2,19,20,21,22). The molecule has 2 heterocycles. The van der Waals surface area contributed by atoms with Crippen molar-refractivity contribution in [1.82, 2.24) is 9.97 Å². The molecule has 3 rings (SSSR count). The van der Waals surface area contributed by atoms with Crippen LogP contribution in [0.2, 0.25) is 0 Å². The molecule has 1 aromatic carbocycles. The number of alkyl halides is 3. The fourth-order valence-electron chi connectivity index (χ4n) is 2.12. The molecule has 24 heavy (non-hydrogen) atoms. The molecular formula is C15H13F3N4OS. The Morgan fingerprint density at radius 2 is 2.00 bits per heavy atom. The molecule has 0 amide bonds. The predicted octanol–water partition coefficient (Wildman–Crippen LogP) is 3.86. The van der Waals surface area contributed by atoms with Gasteiger partial charge >= 0.3 is 6.18 Å². The van der Waals surface area contributed by atoms with E-state index in [0.717, 1.165) is 16.8 Å². The third-order valence-electron chi connectivity index (χ3n) is 3.15. The van der Waals surface area contributed by atoms with Crippen LogP contribution in [0.25, 0.3) is 10.2 Å². The topological polar surface area (TPSA) is 70.1 Å². The van der Waals surface area contributed by atoms with Crippen LogP contribution in [0.3, 0.4) is 0 Å². The third-order valence-corrected chi connectivity index (χ3v) is 4.06. The summed E-state index contributed by atoms with van der Waals surface area (Å²) >= 11 is 1.44. The first-order valence-corrected chi connectivity index (χ1v) is 7.89. The Kier molecular flexibility index (Phi) is 4.54. The van der Waals surface area contributed by atoms with E-state index in [1.165, 1.54) is 23.5 Å². The number of rotatable bonds is 5. The first kappa shape index (κ1) is 16.5. The van der Waals surface area contributed by atoms with Gasteiger partial charge in [0.05, 0.1) is 22.4 Å². The number of hydrogen-bond donors (Lipinski definition) is 3. The molecule has 3 aromatic rings. The van der Waals surface area contributed by atoms with Crippen LogP contribution in [0.4, 0.5) is 30.6 Å². The number of aromatic nitrogens is 2. The number of hydrogen-bond acceptors (Lipinski definition) is 6. The lowest BCUT2D eigenvalue weighted by Crippen LogP contribution is -2.09. The molecule has 0 bridgehead atoms. The van der Waals surface area contributed by atoms with Crippen LogP contribution >= 0.6 is 11.3 Å². The summed E-state index contributed by atoms with van der Waals surface area (Å²) in [5.74, 6) is 0.708. The Bertz CT molecular complexity index is 850. The van der Waals surface area contributed by atoms with Crippen molar-refractivity contribution < 1.29 is 18.3 Å². The van der Waals surface area contributed by atoms with Crippen LogP contribution in [0.1, 0.15) is 5.56 Å². The Labute approximate surface area is 139 Å². The van der Waals surface area contributed by atoms with E-state index >= 15 is 0 Å². The second kappa shape index (κ2) is 6.62. The highest BCUT2D eigenvalue weighted by Gasteiger charge is 2.30. The first-order valence-electron chi connectivity index (χ1n) is 7.01. The van der Waals surface area contributed by atoms with Crippen molar-refractivity contribution in [2.24, 2.45) is 0 Å². The maximum atomic E-state index is 12.8. The zero-order valence-corrected chi connectivity index (χ0v) is 13.1. The second-order valence-corrected chi connectivity index (χ2v) is 5.80. The summed E-state index contributed by atoms with van der Waals surface area (Å²) in [6.07, 6.45) is -4.41. The number of halogens is 3. The molecule has 0 aliphatic rings. The van der Waals surface area contributed by atoms with Gasteiger partial charge in [-0.25, -0.2) is 4.98 Å². The smallest absolute Gasteiger partial charge is 0.395 e. The van der Waals surface area contributed by atoms with Crippen molar-refractivity contribution in [3.05, 3.63) is 41.3 Å². The Balaban J connectivity index is 1.92. The molecule has 0 aliphatic carbocycles. The molecule has 0 aliphatic heterocycles. The van der Waals surface area contributed by atoms with E-state index < -0.39 is 11.7 Å². The zero-order chi connectivity index (χ0) is 17.2. The fourth-order valence-corrected chi connectivity index (χ4v) is 2.91. The summed E-state index contributed by atoms with van der Waals surface area (Å²) in [5.41, 5.74) is 0.167. The zero-order valence-electron chi connectivity index (χ0n) is 12.3. The quantitative estimate of drug-likeness (QED) is 0.649. The summed E-state index contributed by atoms with van der Waals surface area (Å²) in [6, 6.07) is 6.63. The Hall–Kier alpha value is -2.39. The normalized spacial score (nSPS) is 11.7. The van der Waals surface area contributed by atoms with Gasteiger partial charge in [0.15, 0.2) is 0 Å². The van der Waals surface area contributed by atoms with Gasteiger partial charge in [0, 0.05) is 12.2 Å². The Morgan fingerprint density at radius 3 is 2.75 bits per heavy atom. The minimum absolute atomic E-state index is 0.0622. The van der Waals surface area contributed by atoms with Gasteiger partial charge in [0.25, 0.3) is 0 Å². The minimum atomic E-state index is -4.41. The van der Waals surface area contributed by atoms with E-state index in [-0.39, 0.29) is 18.2 Å². The highest BCUT2D eigenvalue weighted by molar-refractivity contribution is 7.17. The lowest BCUT2D eigenvalue weighted by molar-refractivity contribution is -0.137. The third kappa shape index (κ3) is 3.57. The van der Waals surface area contributed by atoms with Crippen molar-refractivity contribution >= 4 is 39.0 Å². The lowest BCUT2D eigenvalue weighted by atomic mass is 10.2. The fraction of sp³-hybridized carbons (Fsp3) is 0.200. The highest BCUT2D eigenvalue weighted by atomic mass is 32.1. The molecule has 3 N–H and O–H groups in total. The number of anilines is 3. The van der Waals surface area contributed by atoms with Crippen molar-refractivity contribution in [2.75, 3.05) is 23.8 Å². The molecule has 0 saturated carbocycles. The van der Waals surface area contributed by atoms with E-state index in [9.17, 15) is 13.2 Å².